The SMILES string of the molecule is CN(C)c1ccc(CNc2nc(N(C)C)nc(SCc3ccccc3)c2C(=O)O)cc1. The van der Waals surface area contributed by atoms with Crippen LogP contribution in [0.15, 0.2) is 59.6 Å². The van der Waals surface area contributed by atoms with Crippen molar-refractivity contribution in [1.29, 1.82) is 0 Å². The Kier molecular flexibility index (Phi) is 7.36. The van der Waals surface area contributed by atoms with Crippen molar-refractivity contribution in [1.82, 2.24) is 9.97 Å². The molecule has 0 radical (unpaired) electrons. The molecule has 0 aliphatic carbocycles. The van der Waals surface area contributed by atoms with E-state index in [2.05, 4.69) is 15.3 Å². The molecule has 0 atom stereocenters. The Morgan fingerprint density at radius 1 is 0.935 bits per heavy atom. The number of rotatable bonds is 9. The van der Waals surface area contributed by atoms with Gasteiger partial charge >= 0.3 is 5.97 Å². The van der Waals surface area contributed by atoms with Crippen LogP contribution < -0.4 is 15.1 Å². The summed E-state index contributed by atoms with van der Waals surface area (Å²) < 4.78 is 0. The molecule has 0 spiro atoms. The summed E-state index contributed by atoms with van der Waals surface area (Å²) in [6.45, 7) is 0.459. The van der Waals surface area contributed by atoms with Gasteiger partial charge in [0.2, 0.25) is 5.95 Å². The van der Waals surface area contributed by atoms with Gasteiger partial charge in [0.15, 0.2) is 0 Å². The van der Waals surface area contributed by atoms with Crippen LogP contribution in [-0.2, 0) is 12.3 Å². The van der Waals surface area contributed by atoms with Gasteiger partial charge in [0, 0.05) is 46.2 Å². The van der Waals surface area contributed by atoms with Gasteiger partial charge in [0.1, 0.15) is 16.4 Å². The Balaban J connectivity index is 1.88. The number of nitrogens with zero attached hydrogens (tertiary/aromatic N) is 4. The molecule has 0 unspecified atom stereocenters. The van der Waals surface area contributed by atoms with Crippen molar-refractivity contribution in [3.63, 3.8) is 0 Å². The van der Waals surface area contributed by atoms with E-state index in [1.165, 1.54) is 11.8 Å². The molecule has 3 rings (SSSR count). The summed E-state index contributed by atoms with van der Waals surface area (Å²) in [5.74, 6) is 0.354. The van der Waals surface area contributed by atoms with Gasteiger partial charge in [-0.2, -0.15) is 4.98 Å². The summed E-state index contributed by atoms with van der Waals surface area (Å²) in [7, 11) is 7.66. The first-order valence-corrected chi connectivity index (χ1v) is 10.8. The number of carbonyl (C=O) groups is 1. The number of nitrogens with one attached hydrogen (secondary N) is 1. The molecular formula is C23H27N5O2S. The minimum absolute atomic E-state index is 0.0939. The molecule has 0 saturated heterocycles. The van der Waals surface area contributed by atoms with Gasteiger partial charge in [-0.3, -0.25) is 0 Å². The lowest BCUT2D eigenvalue weighted by atomic mass is 10.2. The van der Waals surface area contributed by atoms with Crippen LogP contribution in [0, 0.1) is 0 Å². The highest BCUT2D eigenvalue weighted by Gasteiger charge is 2.22. The first kappa shape index (κ1) is 22.4. The normalized spacial score (nSPS) is 10.6. The molecule has 1 heterocycles. The Morgan fingerprint density at radius 3 is 2.19 bits per heavy atom. The van der Waals surface area contributed by atoms with Crippen molar-refractivity contribution < 1.29 is 9.90 Å². The first-order chi connectivity index (χ1) is 14.8. The maximum atomic E-state index is 12.1. The topological polar surface area (TPSA) is 81.6 Å². The third-order valence-electron chi connectivity index (χ3n) is 4.61. The lowest BCUT2D eigenvalue weighted by Crippen LogP contribution is -2.18. The highest BCUT2D eigenvalue weighted by molar-refractivity contribution is 7.98. The average molecular weight is 438 g/mol. The van der Waals surface area contributed by atoms with Crippen LogP contribution in [0.5, 0.6) is 0 Å². The van der Waals surface area contributed by atoms with Gasteiger partial charge < -0.3 is 20.2 Å². The zero-order valence-corrected chi connectivity index (χ0v) is 19.0. The van der Waals surface area contributed by atoms with Crippen molar-refractivity contribution in [2.24, 2.45) is 0 Å². The second-order valence-corrected chi connectivity index (χ2v) is 8.40. The number of aromatic carboxylic acids is 1. The van der Waals surface area contributed by atoms with Crippen LogP contribution in [-0.4, -0.2) is 49.2 Å². The minimum atomic E-state index is -1.05. The highest BCUT2D eigenvalue weighted by Crippen LogP contribution is 2.30. The Morgan fingerprint density at radius 2 is 1.61 bits per heavy atom. The average Bonchev–Trinajstić information content (AvgIpc) is 2.76. The number of hydrogen-bond donors (Lipinski definition) is 2. The molecule has 2 N–H and O–H groups in total. The second kappa shape index (κ2) is 10.2. The van der Waals surface area contributed by atoms with Crippen molar-refractivity contribution in [2.45, 2.75) is 17.3 Å². The number of aromatic nitrogens is 2. The van der Waals surface area contributed by atoms with Crippen LogP contribution >= 0.6 is 11.8 Å². The quantitative estimate of drug-likeness (QED) is 0.381. The highest BCUT2D eigenvalue weighted by atomic mass is 32.2. The summed E-state index contributed by atoms with van der Waals surface area (Å²) in [4.78, 5) is 24.9. The van der Waals surface area contributed by atoms with Crippen LogP contribution in [0.3, 0.4) is 0 Å². The smallest absolute Gasteiger partial charge is 0.342 e. The number of carboxylic acid groups (broad SMARTS) is 1. The lowest BCUT2D eigenvalue weighted by molar-refractivity contribution is 0.0693. The van der Waals surface area contributed by atoms with Crippen molar-refractivity contribution in [3.05, 3.63) is 71.3 Å². The van der Waals surface area contributed by atoms with Crippen LogP contribution in [0.4, 0.5) is 17.5 Å². The molecule has 0 aliphatic rings. The van der Waals surface area contributed by atoms with Gasteiger partial charge in [-0.1, -0.05) is 42.5 Å². The molecule has 3 aromatic rings. The maximum Gasteiger partial charge on any atom is 0.342 e. The number of benzene rings is 2. The Bertz CT molecular complexity index is 1020. The van der Waals surface area contributed by atoms with E-state index in [1.807, 2.05) is 87.7 Å². The number of thioether (sulfide) groups is 1. The Hall–Kier alpha value is -3.26. The molecule has 0 amide bonds. The monoisotopic (exact) mass is 437 g/mol. The predicted octanol–water partition coefficient (Wildman–Crippen LogP) is 4.21. The molecule has 0 aliphatic heterocycles. The summed E-state index contributed by atoms with van der Waals surface area (Å²) in [5, 5.41) is 13.6. The molecule has 0 saturated carbocycles. The van der Waals surface area contributed by atoms with E-state index in [1.54, 1.807) is 4.90 Å². The fraction of sp³-hybridized carbons (Fsp3) is 0.261. The fourth-order valence-corrected chi connectivity index (χ4v) is 3.85. The zero-order valence-electron chi connectivity index (χ0n) is 18.2. The number of anilines is 3. The molecule has 162 valence electrons. The fourth-order valence-electron chi connectivity index (χ4n) is 2.88. The molecule has 1 aromatic heterocycles. The van der Waals surface area contributed by atoms with E-state index in [4.69, 9.17) is 0 Å². The van der Waals surface area contributed by atoms with Crippen LogP contribution in [0.2, 0.25) is 0 Å². The lowest BCUT2D eigenvalue weighted by Gasteiger charge is -2.17. The maximum absolute atomic E-state index is 12.1. The standard InChI is InChI=1S/C23H27N5O2S/c1-27(2)18-12-10-16(11-13-18)14-24-20-19(22(29)30)21(26-23(25-20)28(3)4)31-15-17-8-6-5-7-9-17/h5-13H,14-15H2,1-4H3,(H,29,30)(H,24,25,26). The van der Waals surface area contributed by atoms with Gasteiger partial charge in [0.25, 0.3) is 0 Å². The number of hydrogen-bond acceptors (Lipinski definition) is 7. The first-order valence-electron chi connectivity index (χ1n) is 9.84. The molecule has 7 nitrogen and oxygen atoms in total. The molecule has 2 aromatic carbocycles. The van der Waals surface area contributed by atoms with Crippen LogP contribution in [0.25, 0.3) is 0 Å². The Labute approximate surface area is 187 Å². The molecular weight excluding hydrogens is 410 g/mol. The second-order valence-electron chi connectivity index (χ2n) is 7.44. The van der Waals surface area contributed by atoms with E-state index in [0.717, 1.165) is 16.8 Å². The van der Waals surface area contributed by atoms with Crippen LogP contribution in [0.1, 0.15) is 21.5 Å². The van der Waals surface area contributed by atoms with Crippen molar-refractivity contribution in [3.8, 4) is 0 Å². The number of carboxylic acids is 1. The van der Waals surface area contributed by atoms with E-state index < -0.39 is 5.97 Å². The van der Waals surface area contributed by atoms with Crippen molar-refractivity contribution in [2.75, 3.05) is 43.3 Å². The molecule has 31 heavy (non-hydrogen) atoms. The third-order valence-corrected chi connectivity index (χ3v) is 5.66. The zero-order chi connectivity index (χ0) is 22.4. The van der Waals surface area contributed by atoms with Gasteiger partial charge in [0.05, 0.1) is 0 Å². The minimum Gasteiger partial charge on any atom is -0.477 e. The predicted molar refractivity (Wildman–Crippen MR) is 127 cm³/mol. The van der Waals surface area contributed by atoms with E-state index in [0.29, 0.717) is 29.1 Å². The summed E-state index contributed by atoms with van der Waals surface area (Å²) in [5.41, 5.74) is 3.33. The van der Waals surface area contributed by atoms with Crippen molar-refractivity contribution >= 4 is 35.2 Å². The van der Waals surface area contributed by atoms with E-state index in [9.17, 15) is 9.90 Å². The summed E-state index contributed by atoms with van der Waals surface area (Å²) in [6.07, 6.45) is 0. The summed E-state index contributed by atoms with van der Waals surface area (Å²) in [6, 6.07) is 18.0. The van der Waals surface area contributed by atoms with Gasteiger partial charge in [-0.25, -0.2) is 9.78 Å². The molecule has 0 bridgehead atoms. The van der Waals surface area contributed by atoms with E-state index >= 15 is 0 Å². The summed E-state index contributed by atoms with van der Waals surface area (Å²) >= 11 is 1.40. The van der Waals surface area contributed by atoms with Gasteiger partial charge in [-0.05, 0) is 23.3 Å². The molecule has 0 fully saturated rings. The third kappa shape index (κ3) is 5.88. The molecule has 8 heteroatoms. The van der Waals surface area contributed by atoms with Gasteiger partial charge in [-0.15, -0.1) is 11.8 Å². The largest absolute Gasteiger partial charge is 0.477 e. The van der Waals surface area contributed by atoms with E-state index in [-0.39, 0.29) is 5.56 Å².